The van der Waals surface area contributed by atoms with Gasteiger partial charge in [-0.1, -0.05) is 11.6 Å². The van der Waals surface area contributed by atoms with Crippen molar-refractivity contribution in [3.63, 3.8) is 0 Å². The zero-order valence-electron chi connectivity index (χ0n) is 9.13. The molecule has 2 aromatic rings. The summed E-state index contributed by atoms with van der Waals surface area (Å²) in [6.07, 6.45) is 2.38. The molecule has 5 nitrogen and oxygen atoms in total. The van der Waals surface area contributed by atoms with E-state index in [1.807, 2.05) is 6.92 Å². The van der Waals surface area contributed by atoms with Crippen LogP contribution in [-0.4, -0.2) is 24.7 Å². The van der Waals surface area contributed by atoms with E-state index in [1.54, 1.807) is 28.7 Å². The van der Waals surface area contributed by atoms with Crippen LogP contribution in [0.25, 0.3) is 0 Å². The fourth-order valence-corrected chi connectivity index (χ4v) is 1.98. The van der Waals surface area contributed by atoms with E-state index < -0.39 is 6.10 Å². The van der Waals surface area contributed by atoms with E-state index in [0.717, 1.165) is 0 Å². The molecule has 86 valence electrons. The van der Waals surface area contributed by atoms with E-state index in [1.165, 1.54) is 6.20 Å². The first-order valence-corrected chi connectivity index (χ1v) is 5.40. The van der Waals surface area contributed by atoms with E-state index in [-0.39, 0.29) is 0 Å². The Kier molecular flexibility index (Phi) is 2.98. The maximum Gasteiger partial charge on any atom is 0.139 e. The highest BCUT2D eigenvalue weighted by atomic mass is 35.5. The summed E-state index contributed by atoms with van der Waals surface area (Å²) in [6.45, 7) is 2.67. The second-order valence-electron chi connectivity index (χ2n) is 3.48. The molecule has 2 rings (SSSR count). The molecular formula is C10H13ClN4O. The summed E-state index contributed by atoms with van der Waals surface area (Å²) in [5.74, 6) is 0. The van der Waals surface area contributed by atoms with E-state index >= 15 is 0 Å². The van der Waals surface area contributed by atoms with Gasteiger partial charge in [-0.15, -0.1) is 0 Å². The van der Waals surface area contributed by atoms with Crippen molar-refractivity contribution in [2.24, 2.45) is 7.05 Å². The van der Waals surface area contributed by atoms with Gasteiger partial charge in [-0.3, -0.25) is 9.36 Å². The summed E-state index contributed by atoms with van der Waals surface area (Å²) in [4.78, 5) is 0. The lowest BCUT2D eigenvalue weighted by atomic mass is 10.2. The van der Waals surface area contributed by atoms with Gasteiger partial charge < -0.3 is 5.11 Å². The molecule has 1 N–H and O–H groups in total. The second-order valence-corrected chi connectivity index (χ2v) is 3.88. The van der Waals surface area contributed by atoms with E-state index in [0.29, 0.717) is 23.0 Å². The first-order valence-electron chi connectivity index (χ1n) is 5.02. The highest BCUT2D eigenvalue weighted by Gasteiger charge is 2.21. The molecule has 0 radical (unpaired) electrons. The summed E-state index contributed by atoms with van der Waals surface area (Å²) in [7, 11) is 1.75. The standard InChI is InChI=1S/C10H13ClN4O/c1-3-15-8(4-5-12-15)10(16)9-7(11)6-13-14(9)2/h4-6,10,16H,3H2,1-2H3. The van der Waals surface area contributed by atoms with E-state index in [2.05, 4.69) is 10.2 Å². The van der Waals surface area contributed by atoms with Gasteiger partial charge in [0.1, 0.15) is 6.10 Å². The Hall–Kier alpha value is -1.33. The molecule has 1 unspecified atom stereocenters. The molecule has 0 saturated carbocycles. The molecule has 0 saturated heterocycles. The van der Waals surface area contributed by atoms with E-state index in [9.17, 15) is 5.11 Å². The third-order valence-corrected chi connectivity index (χ3v) is 2.82. The first-order chi connectivity index (χ1) is 7.65. The number of aliphatic hydroxyl groups excluding tert-OH is 1. The van der Waals surface area contributed by atoms with Gasteiger partial charge in [0.25, 0.3) is 0 Å². The molecule has 0 aromatic carbocycles. The first kappa shape index (κ1) is 11.2. The van der Waals surface area contributed by atoms with Crippen molar-refractivity contribution >= 4 is 11.6 Å². The third kappa shape index (κ3) is 1.72. The number of aliphatic hydroxyl groups is 1. The molecule has 0 bridgehead atoms. The zero-order chi connectivity index (χ0) is 11.7. The van der Waals surface area contributed by atoms with Gasteiger partial charge in [0.05, 0.1) is 22.6 Å². The number of hydrogen-bond donors (Lipinski definition) is 1. The van der Waals surface area contributed by atoms with Crippen LogP contribution >= 0.6 is 11.6 Å². The van der Waals surface area contributed by atoms with Gasteiger partial charge in [-0.2, -0.15) is 10.2 Å². The zero-order valence-corrected chi connectivity index (χ0v) is 9.89. The van der Waals surface area contributed by atoms with Crippen LogP contribution in [0.4, 0.5) is 0 Å². The highest BCUT2D eigenvalue weighted by Crippen LogP contribution is 2.27. The van der Waals surface area contributed by atoms with Crippen molar-refractivity contribution in [1.82, 2.24) is 19.6 Å². The van der Waals surface area contributed by atoms with Crippen LogP contribution in [-0.2, 0) is 13.6 Å². The van der Waals surface area contributed by atoms with Crippen LogP contribution in [0, 0.1) is 0 Å². The van der Waals surface area contributed by atoms with Gasteiger partial charge in [-0.05, 0) is 13.0 Å². The average Bonchev–Trinajstić information content (AvgIpc) is 2.85. The summed E-state index contributed by atoms with van der Waals surface area (Å²) < 4.78 is 3.30. The Balaban J connectivity index is 2.43. The van der Waals surface area contributed by atoms with Crippen LogP contribution in [0.2, 0.25) is 5.02 Å². The number of hydrogen-bond acceptors (Lipinski definition) is 3. The third-order valence-electron chi connectivity index (χ3n) is 2.53. The molecule has 2 heterocycles. The minimum absolute atomic E-state index is 0.457. The predicted molar refractivity (Wildman–Crippen MR) is 60.2 cm³/mol. The van der Waals surface area contributed by atoms with Crippen LogP contribution in [0.3, 0.4) is 0 Å². The Bertz CT molecular complexity index is 471. The number of rotatable bonds is 3. The number of aromatic nitrogens is 4. The van der Waals surface area contributed by atoms with Gasteiger partial charge in [0.2, 0.25) is 0 Å². The molecule has 0 aliphatic heterocycles. The maximum absolute atomic E-state index is 10.2. The van der Waals surface area contributed by atoms with E-state index in [4.69, 9.17) is 11.6 Å². The number of aryl methyl sites for hydroxylation is 2. The molecule has 0 spiro atoms. The molecule has 0 aliphatic carbocycles. The van der Waals surface area contributed by atoms with Crippen molar-refractivity contribution < 1.29 is 5.11 Å². The molecule has 0 amide bonds. The largest absolute Gasteiger partial charge is 0.380 e. The number of nitrogens with zero attached hydrogens (tertiary/aromatic N) is 4. The van der Waals surface area contributed by atoms with Crippen LogP contribution in [0.15, 0.2) is 18.5 Å². The molecule has 1 atom stereocenters. The van der Waals surface area contributed by atoms with Crippen LogP contribution < -0.4 is 0 Å². The Morgan fingerprint density at radius 3 is 2.81 bits per heavy atom. The van der Waals surface area contributed by atoms with Crippen molar-refractivity contribution in [3.05, 3.63) is 34.9 Å². The van der Waals surface area contributed by atoms with Gasteiger partial charge in [-0.25, -0.2) is 0 Å². The summed E-state index contributed by atoms with van der Waals surface area (Å²) in [5.41, 5.74) is 1.30. The Morgan fingerprint density at radius 2 is 2.25 bits per heavy atom. The highest BCUT2D eigenvalue weighted by molar-refractivity contribution is 6.31. The summed E-state index contributed by atoms with van der Waals surface area (Å²) >= 11 is 5.98. The fraction of sp³-hybridized carbons (Fsp3) is 0.400. The monoisotopic (exact) mass is 240 g/mol. The van der Waals surface area contributed by atoms with Crippen LogP contribution in [0.5, 0.6) is 0 Å². The van der Waals surface area contributed by atoms with Crippen molar-refractivity contribution in [2.45, 2.75) is 19.6 Å². The summed E-state index contributed by atoms with van der Waals surface area (Å²) in [6, 6.07) is 1.78. The molecule has 6 heteroatoms. The van der Waals surface area contributed by atoms with Crippen LogP contribution in [0.1, 0.15) is 24.4 Å². The maximum atomic E-state index is 10.2. The van der Waals surface area contributed by atoms with Crippen molar-refractivity contribution in [3.8, 4) is 0 Å². The van der Waals surface area contributed by atoms with Crippen molar-refractivity contribution in [2.75, 3.05) is 0 Å². The minimum Gasteiger partial charge on any atom is -0.380 e. The Labute approximate surface area is 98.3 Å². The quantitative estimate of drug-likeness (QED) is 0.882. The predicted octanol–water partition coefficient (Wildman–Crippen LogP) is 1.37. The fourth-order valence-electron chi connectivity index (χ4n) is 1.71. The SMILES string of the molecule is CCn1nccc1C(O)c1c(Cl)cnn1C. The molecule has 0 fully saturated rings. The lowest BCUT2D eigenvalue weighted by Crippen LogP contribution is -2.12. The minimum atomic E-state index is -0.803. The second kappa shape index (κ2) is 4.27. The topological polar surface area (TPSA) is 55.9 Å². The lowest BCUT2D eigenvalue weighted by molar-refractivity contribution is 0.198. The molecule has 16 heavy (non-hydrogen) atoms. The average molecular weight is 241 g/mol. The van der Waals surface area contributed by atoms with Gasteiger partial charge in [0, 0.05) is 19.8 Å². The van der Waals surface area contributed by atoms with Gasteiger partial charge >= 0.3 is 0 Å². The molecule has 0 aliphatic rings. The number of halogens is 1. The smallest absolute Gasteiger partial charge is 0.139 e. The molecular weight excluding hydrogens is 228 g/mol. The lowest BCUT2D eigenvalue weighted by Gasteiger charge is -2.13. The van der Waals surface area contributed by atoms with Gasteiger partial charge in [0.15, 0.2) is 0 Å². The summed E-state index contributed by atoms with van der Waals surface area (Å²) in [5, 5.41) is 18.8. The van der Waals surface area contributed by atoms with Crippen molar-refractivity contribution in [1.29, 1.82) is 0 Å². The molecule has 2 aromatic heterocycles. The normalized spacial score (nSPS) is 13.0. The Morgan fingerprint density at radius 1 is 1.50 bits per heavy atom.